The Labute approximate surface area is 146 Å². The van der Waals surface area contributed by atoms with Gasteiger partial charge in [-0.05, 0) is 49.9 Å². The lowest BCUT2D eigenvalue weighted by Gasteiger charge is -2.27. The van der Waals surface area contributed by atoms with Crippen molar-refractivity contribution < 1.29 is 9.53 Å². The maximum Gasteiger partial charge on any atom is 0.164 e. The van der Waals surface area contributed by atoms with Crippen molar-refractivity contribution in [2.75, 3.05) is 32.7 Å². The molecule has 4 nitrogen and oxygen atoms in total. The second-order valence-electron chi connectivity index (χ2n) is 7.29. The van der Waals surface area contributed by atoms with Crippen LogP contribution in [-0.4, -0.2) is 49.5 Å². The molecular weight excluding hydrogens is 300 g/mol. The average Bonchev–Trinajstić information content (AvgIpc) is 2.53. The van der Waals surface area contributed by atoms with E-state index in [2.05, 4.69) is 30.1 Å². The molecule has 0 amide bonds. The van der Waals surface area contributed by atoms with Crippen molar-refractivity contribution in [1.29, 1.82) is 0 Å². The Balaban J connectivity index is 2.13. The van der Waals surface area contributed by atoms with Crippen LogP contribution in [0, 0.1) is 6.92 Å². The summed E-state index contributed by atoms with van der Waals surface area (Å²) in [6.07, 6.45) is 0.721. The minimum Gasteiger partial charge on any atom is -0.491 e. The number of ketones is 1. The number of Topliss-reactive ketones (excluding diaryl/α,β-unsaturated/α-hetero) is 1. The molecule has 4 heteroatoms. The number of hydrogen-bond acceptors (Lipinski definition) is 4. The number of aryl methyl sites for hydroxylation is 1. The minimum atomic E-state index is 0.135. The first-order valence-electron chi connectivity index (χ1n) is 9.16. The normalized spacial score (nSPS) is 16.0. The summed E-state index contributed by atoms with van der Waals surface area (Å²) in [5.74, 6) is 1.49. The van der Waals surface area contributed by atoms with E-state index >= 15 is 0 Å². The molecule has 0 saturated carbocycles. The highest BCUT2D eigenvalue weighted by Crippen LogP contribution is 2.31. The van der Waals surface area contributed by atoms with Gasteiger partial charge in [-0.15, -0.1) is 0 Å². The zero-order valence-corrected chi connectivity index (χ0v) is 15.8. The first kappa shape index (κ1) is 18.9. The summed E-state index contributed by atoms with van der Waals surface area (Å²) in [6, 6.07) is 4.09. The van der Waals surface area contributed by atoms with Crippen LogP contribution < -0.4 is 10.1 Å². The van der Waals surface area contributed by atoms with Gasteiger partial charge in [0.25, 0.3) is 0 Å². The molecule has 134 valence electrons. The van der Waals surface area contributed by atoms with Gasteiger partial charge in [0.15, 0.2) is 5.78 Å². The fraction of sp³-hybridized carbons (Fsp3) is 0.650. The van der Waals surface area contributed by atoms with E-state index in [4.69, 9.17) is 4.74 Å². The first-order valence-corrected chi connectivity index (χ1v) is 9.16. The molecule has 0 spiro atoms. The van der Waals surface area contributed by atoms with Crippen molar-refractivity contribution in [3.8, 4) is 5.75 Å². The summed E-state index contributed by atoms with van der Waals surface area (Å²) in [4.78, 5) is 15.1. The van der Waals surface area contributed by atoms with Gasteiger partial charge >= 0.3 is 0 Å². The molecule has 1 aromatic rings. The quantitative estimate of drug-likeness (QED) is 0.777. The van der Waals surface area contributed by atoms with Crippen molar-refractivity contribution in [3.63, 3.8) is 0 Å². The molecule has 1 N–H and O–H groups in total. The molecule has 0 aromatic heterocycles. The number of benzene rings is 1. The lowest BCUT2D eigenvalue weighted by Crippen LogP contribution is -2.44. The summed E-state index contributed by atoms with van der Waals surface area (Å²) in [5.41, 5.74) is 2.99. The van der Waals surface area contributed by atoms with E-state index in [-0.39, 0.29) is 11.9 Å². The third kappa shape index (κ3) is 5.05. The van der Waals surface area contributed by atoms with Crippen LogP contribution in [0.15, 0.2) is 12.1 Å². The molecule has 0 radical (unpaired) electrons. The maximum atomic E-state index is 12.7. The second-order valence-corrected chi connectivity index (χ2v) is 7.29. The summed E-state index contributed by atoms with van der Waals surface area (Å²) >= 11 is 0. The lowest BCUT2D eigenvalue weighted by atomic mass is 9.93. The van der Waals surface area contributed by atoms with Gasteiger partial charge in [0, 0.05) is 44.7 Å². The predicted octanol–water partition coefficient (Wildman–Crippen LogP) is 3.38. The molecule has 0 bridgehead atoms. The maximum absolute atomic E-state index is 12.7. The van der Waals surface area contributed by atoms with Crippen molar-refractivity contribution in [1.82, 2.24) is 10.2 Å². The van der Waals surface area contributed by atoms with Gasteiger partial charge in [0.05, 0.1) is 6.10 Å². The standard InChI is InChI=1S/C20H32N2O2/c1-14(2)17-13-18(16(5)12-20(17)24-15(3)4)19(23)6-9-22-10-7-21-8-11-22/h12-15,21H,6-11H2,1-5H3. The Kier molecular flexibility index (Phi) is 6.81. The van der Waals surface area contributed by atoms with Crippen LogP contribution in [0.4, 0.5) is 0 Å². The van der Waals surface area contributed by atoms with Crippen LogP contribution in [0.1, 0.15) is 61.5 Å². The van der Waals surface area contributed by atoms with Gasteiger partial charge < -0.3 is 15.0 Å². The van der Waals surface area contributed by atoms with E-state index in [1.807, 2.05) is 26.8 Å². The highest BCUT2D eigenvalue weighted by Gasteiger charge is 2.18. The summed E-state index contributed by atoms with van der Waals surface area (Å²) < 4.78 is 5.95. The SMILES string of the molecule is Cc1cc(OC(C)C)c(C(C)C)cc1C(=O)CCN1CCNCC1. The molecule has 2 rings (SSSR count). The number of nitrogens with zero attached hydrogens (tertiary/aromatic N) is 1. The molecule has 0 atom stereocenters. The third-order valence-corrected chi connectivity index (χ3v) is 4.51. The summed E-state index contributed by atoms with van der Waals surface area (Å²) in [5, 5.41) is 3.34. The molecule has 1 aromatic carbocycles. The van der Waals surface area contributed by atoms with Crippen molar-refractivity contribution in [3.05, 3.63) is 28.8 Å². The number of carbonyl (C=O) groups excluding carboxylic acids is 1. The lowest BCUT2D eigenvalue weighted by molar-refractivity contribution is 0.0960. The molecule has 1 fully saturated rings. The molecule has 1 saturated heterocycles. The Hall–Kier alpha value is -1.39. The molecule has 1 heterocycles. The average molecular weight is 332 g/mol. The smallest absolute Gasteiger partial charge is 0.164 e. The number of piperazine rings is 1. The number of nitrogens with one attached hydrogen (secondary N) is 1. The molecule has 0 unspecified atom stereocenters. The Morgan fingerprint density at radius 3 is 2.46 bits per heavy atom. The number of ether oxygens (including phenoxy) is 1. The van der Waals surface area contributed by atoms with Gasteiger partial charge in [-0.25, -0.2) is 0 Å². The fourth-order valence-electron chi connectivity index (χ4n) is 3.13. The highest BCUT2D eigenvalue weighted by atomic mass is 16.5. The topological polar surface area (TPSA) is 41.6 Å². The molecule has 0 aliphatic carbocycles. The van der Waals surface area contributed by atoms with E-state index in [0.717, 1.165) is 55.2 Å². The van der Waals surface area contributed by atoms with Crippen LogP contribution in [0.5, 0.6) is 5.75 Å². The molecule has 24 heavy (non-hydrogen) atoms. The number of hydrogen-bond donors (Lipinski definition) is 1. The number of carbonyl (C=O) groups is 1. The Bertz CT molecular complexity index is 561. The van der Waals surface area contributed by atoms with Crippen molar-refractivity contribution >= 4 is 5.78 Å². The van der Waals surface area contributed by atoms with Crippen molar-refractivity contribution in [2.45, 2.75) is 53.1 Å². The van der Waals surface area contributed by atoms with Gasteiger partial charge in [0.2, 0.25) is 0 Å². The fourth-order valence-corrected chi connectivity index (χ4v) is 3.13. The van der Waals surface area contributed by atoms with E-state index < -0.39 is 0 Å². The van der Waals surface area contributed by atoms with Gasteiger partial charge in [-0.1, -0.05) is 13.8 Å². The highest BCUT2D eigenvalue weighted by molar-refractivity contribution is 5.98. The largest absolute Gasteiger partial charge is 0.491 e. The third-order valence-electron chi connectivity index (χ3n) is 4.51. The van der Waals surface area contributed by atoms with E-state index in [1.165, 1.54) is 0 Å². The monoisotopic (exact) mass is 332 g/mol. The van der Waals surface area contributed by atoms with E-state index in [0.29, 0.717) is 12.3 Å². The molecular formula is C20H32N2O2. The van der Waals surface area contributed by atoms with Gasteiger partial charge in [-0.2, -0.15) is 0 Å². The van der Waals surface area contributed by atoms with Crippen LogP contribution in [0.2, 0.25) is 0 Å². The van der Waals surface area contributed by atoms with Gasteiger partial charge in [-0.3, -0.25) is 4.79 Å². The molecule has 1 aliphatic heterocycles. The summed E-state index contributed by atoms with van der Waals surface area (Å²) in [6.45, 7) is 15.3. The van der Waals surface area contributed by atoms with Crippen LogP contribution >= 0.6 is 0 Å². The zero-order valence-electron chi connectivity index (χ0n) is 15.8. The zero-order chi connectivity index (χ0) is 17.7. The van der Waals surface area contributed by atoms with Crippen LogP contribution in [-0.2, 0) is 0 Å². The second kappa shape index (κ2) is 8.63. The summed E-state index contributed by atoms with van der Waals surface area (Å²) in [7, 11) is 0. The van der Waals surface area contributed by atoms with Crippen molar-refractivity contribution in [2.24, 2.45) is 0 Å². The molecule has 1 aliphatic rings. The predicted molar refractivity (Wildman–Crippen MR) is 99.3 cm³/mol. The van der Waals surface area contributed by atoms with Gasteiger partial charge in [0.1, 0.15) is 5.75 Å². The number of rotatable bonds is 7. The Morgan fingerprint density at radius 2 is 1.88 bits per heavy atom. The minimum absolute atomic E-state index is 0.135. The first-order chi connectivity index (χ1) is 11.4. The van der Waals surface area contributed by atoms with E-state index in [9.17, 15) is 4.79 Å². The Morgan fingerprint density at radius 1 is 1.21 bits per heavy atom. The van der Waals surface area contributed by atoms with Crippen LogP contribution in [0.25, 0.3) is 0 Å². The van der Waals surface area contributed by atoms with Crippen LogP contribution in [0.3, 0.4) is 0 Å². The van der Waals surface area contributed by atoms with E-state index in [1.54, 1.807) is 0 Å².